The SMILES string of the molecule is COC1(C(F)(F)F)CCC(S(=O)(=O)Cl)CC1. The topological polar surface area (TPSA) is 43.4 Å². The highest BCUT2D eigenvalue weighted by Crippen LogP contribution is 2.45. The van der Waals surface area contributed by atoms with Gasteiger partial charge in [-0.05, 0) is 25.7 Å². The zero-order valence-electron chi connectivity index (χ0n) is 8.55. The lowest BCUT2D eigenvalue weighted by atomic mass is 9.84. The molecule has 0 spiro atoms. The lowest BCUT2D eigenvalue weighted by molar-refractivity contribution is -0.279. The first kappa shape index (κ1) is 14.1. The predicted octanol–water partition coefficient (Wildman–Crippen LogP) is 2.45. The van der Waals surface area contributed by atoms with E-state index in [9.17, 15) is 21.6 Å². The largest absolute Gasteiger partial charge is 0.417 e. The van der Waals surface area contributed by atoms with Crippen molar-refractivity contribution in [3.8, 4) is 0 Å². The minimum atomic E-state index is -4.48. The molecule has 0 saturated heterocycles. The summed E-state index contributed by atoms with van der Waals surface area (Å²) in [6.45, 7) is 0. The van der Waals surface area contributed by atoms with Crippen LogP contribution in [0.25, 0.3) is 0 Å². The molecule has 1 aliphatic carbocycles. The summed E-state index contributed by atoms with van der Waals surface area (Å²) in [6, 6.07) is 0. The van der Waals surface area contributed by atoms with Crippen LogP contribution in [-0.4, -0.2) is 32.6 Å². The maximum absolute atomic E-state index is 12.7. The zero-order valence-corrected chi connectivity index (χ0v) is 10.1. The Kier molecular flexibility index (Phi) is 3.81. The Morgan fingerprint density at radius 2 is 1.75 bits per heavy atom. The van der Waals surface area contributed by atoms with Gasteiger partial charge in [-0.1, -0.05) is 0 Å². The van der Waals surface area contributed by atoms with E-state index in [2.05, 4.69) is 4.74 Å². The Morgan fingerprint density at radius 1 is 1.31 bits per heavy atom. The molecule has 1 rings (SSSR count). The number of rotatable bonds is 2. The highest BCUT2D eigenvalue weighted by molar-refractivity contribution is 8.14. The molecule has 0 radical (unpaired) electrons. The van der Waals surface area contributed by atoms with Gasteiger partial charge in [0.1, 0.15) is 0 Å². The van der Waals surface area contributed by atoms with Gasteiger partial charge in [-0.2, -0.15) is 13.2 Å². The normalized spacial score (nSPS) is 32.7. The Morgan fingerprint density at radius 3 is 2.00 bits per heavy atom. The molecule has 0 amide bonds. The molecular formula is C8H12ClF3O3S. The average molecular weight is 281 g/mol. The lowest BCUT2D eigenvalue weighted by Gasteiger charge is -2.39. The van der Waals surface area contributed by atoms with Crippen molar-refractivity contribution >= 4 is 19.7 Å². The van der Waals surface area contributed by atoms with Gasteiger partial charge in [0.2, 0.25) is 9.05 Å². The fourth-order valence-electron chi connectivity index (χ4n) is 1.94. The molecule has 0 aromatic heterocycles. The summed E-state index contributed by atoms with van der Waals surface area (Å²) in [7, 11) is 2.32. The lowest BCUT2D eigenvalue weighted by Crippen LogP contribution is -2.50. The average Bonchev–Trinajstić information content (AvgIpc) is 2.14. The molecule has 0 aromatic carbocycles. The number of halogens is 4. The first-order chi connectivity index (χ1) is 7.12. The molecule has 16 heavy (non-hydrogen) atoms. The van der Waals surface area contributed by atoms with Crippen molar-refractivity contribution < 1.29 is 26.3 Å². The zero-order chi connectivity index (χ0) is 12.6. The van der Waals surface area contributed by atoms with Crippen molar-refractivity contribution in [2.24, 2.45) is 0 Å². The van der Waals surface area contributed by atoms with E-state index in [1.807, 2.05) is 0 Å². The third-order valence-electron chi connectivity index (χ3n) is 3.05. The number of methoxy groups -OCH3 is 1. The molecular weight excluding hydrogens is 269 g/mol. The molecule has 96 valence electrons. The van der Waals surface area contributed by atoms with E-state index >= 15 is 0 Å². The van der Waals surface area contributed by atoms with Gasteiger partial charge in [0.25, 0.3) is 0 Å². The van der Waals surface area contributed by atoms with Crippen molar-refractivity contribution in [2.75, 3.05) is 7.11 Å². The Bertz CT molecular complexity index is 344. The molecule has 1 fully saturated rings. The second kappa shape index (κ2) is 4.34. The standard InChI is InChI=1S/C8H12ClF3O3S/c1-15-7(8(10,11)12)4-2-6(3-5-7)16(9,13)14/h6H,2-5H2,1H3. The molecule has 0 N–H and O–H groups in total. The number of hydrogen-bond donors (Lipinski definition) is 0. The minimum Gasteiger partial charge on any atom is -0.369 e. The Balaban J connectivity index is 2.80. The fraction of sp³-hybridized carbons (Fsp3) is 1.00. The van der Waals surface area contributed by atoms with Crippen molar-refractivity contribution in [3.05, 3.63) is 0 Å². The van der Waals surface area contributed by atoms with Crippen LogP contribution in [0.5, 0.6) is 0 Å². The van der Waals surface area contributed by atoms with Crippen molar-refractivity contribution in [1.29, 1.82) is 0 Å². The second-order valence-corrected chi connectivity index (χ2v) is 6.78. The predicted molar refractivity (Wildman–Crippen MR) is 52.8 cm³/mol. The first-order valence-electron chi connectivity index (χ1n) is 4.68. The van der Waals surface area contributed by atoms with E-state index in [-0.39, 0.29) is 25.7 Å². The molecule has 8 heteroatoms. The van der Waals surface area contributed by atoms with E-state index < -0.39 is 26.1 Å². The van der Waals surface area contributed by atoms with E-state index in [0.29, 0.717) is 0 Å². The quantitative estimate of drug-likeness (QED) is 0.730. The van der Waals surface area contributed by atoms with Crippen LogP contribution in [0.2, 0.25) is 0 Å². The number of alkyl halides is 3. The van der Waals surface area contributed by atoms with Crippen LogP contribution < -0.4 is 0 Å². The third kappa shape index (κ3) is 2.62. The van der Waals surface area contributed by atoms with Gasteiger partial charge in [0.05, 0.1) is 5.25 Å². The van der Waals surface area contributed by atoms with E-state index in [1.54, 1.807) is 0 Å². The monoisotopic (exact) mass is 280 g/mol. The highest BCUT2D eigenvalue weighted by Gasteiger charge is 2.57. The molecule has 1 aliphatic rings. The molecule has 3 nitrogen and oxygen atoms in total. The number of ether oxygens (including phenoxy) is 1. The van der Waals surface area contributed by atoms with Crippen LogP contribution in [0.3, 0.4) is 0 Å². The van der Waals surface area contributed by atoms with Gasteiger partial charge >= 0.3 is 6.18 Å². The summed E-state index contributed by atoms with van der Waals surface area (Å²) in [5.41, 5.74) is -2.22. The maximum Gasteiger partial charge on any atom is 0.417 e. The van der Waals surface area contributed by atoms with Gasteiger partial charge in [0.15, 0.2) is 5.60 Å². The molecule has 0 unspecified atom stereocenters. The molecule has 0 atom stereocenters. The van der Waals surface area contributed by atoms with E-state index in [4.69, 9.17) is 10.7 Å². The summed E-state index contributed by atoms with van der Waals surface area (Å²) in [5.74, 6) is 0. The van der Waals surface area contributed by atoms with Crippen molar-refractivity contribution in [2.45, 2.75) is 42.7 Å². The first-order valence-corrected chi connectivity index (χ1v) is 7.05. The molecule has 0 heterocycles. The van der Waals surface area contributed by atoms with Crippen LogP contribution in [-0.2, 0) is 13.8 Å². The van der Waals surface area contributed by atoms with Crippen LogP contribution in [0.15, 0.2) is 0 Å². The van der Waals surface area contributed by atoms with Crippen LogP contribution in [0, 0.1) is 0 Å². The molecule has 0 bridgehead atoms. The van der Waals surface area contributed by atoms with Crippen molar-refractivity contribution in [3.63, 3.8) is 0 Å². The summed E-state index contributed by atoms with van der Waals surface area (Å²) >= 11 is 0. The Labute approximate surface area is 96.3 Å². The van der Waals surface area contributed by atoms with Crippen LogP contribution in [0.4, 0.5) is 13.2 Å². The smallest absolute Gasteiger partial charge is 0.369 e. The van der Waals surface area contributed by atoms with E-state index in [0.717, 1.165) is 7.11 Å². The summed E-state index contributed by atoms with van der Waals surface area (Å²) < 4.78 is 64.6. The van der Waals surface area contributed by atoms with Crippen molar-refractivity contribution in [1.82, 2.24) is 0 Å². The molecule has 1 saturated carbocycles. The summed E-state index contributed by atoms with van der Waals surface area (Å²) in [4.78, 5) is 0. The minimum absolute atomic E-state index is 0.126. The van der Waals surface area contributed by atoms with Gasteiger partial charge < -0.3 is 4.74 Å². The number of hydrogen-bond acceptors (Lipinski definition) is 3. The summed E-state index contributed by atoms with van der Waals surface area (Å²) in [6.07, 6.45) is -5.48. The molecule has 0 aromatic rings. The van der Waals surface area contributed by atoms with E-state index in [1.165, 1.54) is 0 Å². The van der Waals surface area contributed by atoms with Gasteiger partial charge in [-0.15, -0.1) is 0 Å². The molecule has 0 aliphatic heterocycles. The van der Waals surface area contributed by atoms with Crippen LogP contribution in [0.1, 0.15) is 25.7 Å². The third-order valence-corrected chi connectivity index (χ3v) is 5.07. The maximum atomic E-state index is 12.7. The highest BCUT2D eigenvalue weighted by atomic mass is 35.7. The van der Waals surface area contributed by atoms with Gasteiger partial charge in [-0.25, -0.2) is 8.42 Å². The summed E-state index contributed by atoms with van der Waals surface area (Å²) in [5, 5.41) is -0.903. The van der Waals surface area contributed by atoms with Gasteiger partial charge in [0, 0.05) is 17.8 Å². The van der Waals surface area contributed by atoms with Gasteiger partial charge in [-0.3, -0.25) is 0 Å². The fourth-order valence-corrected chi connectivity index (χ4v) is 3.28. The van der Waals surface area contributed by atoms with Crippen LogP contribution >= 0.6 is 10.7 Å². The Hall–Kier alpha value is -0.0100. The second-order valence-electron chi connectivity index (χ2n) is 3.87.